The van der Waals surface area contributed by atoms with Gasteiger partial charge in [-0.1, -0.05) is 44.2 Å². The van der Waals surface area contributed by atoms with Crippen LogP contribution >= 0.6 is 0 Å². The minimum atomic E-state index is -0.539. The molecule has 0 saturated carbocycles. The highest BCUT2D eigenvalue weighted by Gasteiger charge is 2.25. The molecule has 1 aromatic carbocycles. The Morgan fingerprint density at radius 1 is 1.04 bits per heavy atom. The Labute approximate surface area is 138 Å². The Hall–Kier alpha value is -2.04. The normalized spacial score (nSPS) is 11.7. The topological polar surface area (TPSA) is 64.6 Å². The molecular formula is C18H27NO4. The Kier molecular flexibility index (Phi) is 6.61. The van der Waals surface area contributed by atoms with Gasteiger partial charge >= 0.3 is 12.1 Å². The predicted molar refractivity (Wildman–Crippen MR) is 88.9 cm³/mol. The first-order valence-electron chi connectivity index (χ1n) is 7.74. The number of ether oxygens (including phenoxy) is 2. The van der Waals surface area contributed by atoms with Crippen molar-refractivity contribution in [3.8, 4) is 0 Å². The second-order valence-corrected chi connectivity index (χ2v) is 7.34. The van der Waals surface area contributed by atoms with Gasteiger partial charge in [0.2, 0.25) is 0 Å². The van der Waals surface area contributed by atoms with Crippen LogP contribution in [0.2, 0.25) is 0 Å². The molecular weight excluding hydrogens is 294 g/mol. The van der Waals surface area contributed by atoms with E-state index in [1.54, 1.807) is 20.8 Å². The lowest BCUT2D eigenvalue weighted by atomic mass is 9.89. The van der Waals surface area contributed by atoms with Gasteiger partial charge in [0.25, 0.3) is 0 Å². The van der Waals surface area contributed by atoms with Crippen LogP contribution in [-0.4, -0.2) is 24.2 Å². The summed E-state index contributed by atoms with van der Waals surface area (Å²) in [4.78, 5) is 23.6. The molecule has 0 bridgehead atoms. The average Bonchev–Trinajstić information content (AvgIpc) is 2.42. The van der Waals surface area contributed by atoms with Crippen molar-refractivity contribution < 1.29 is 19.1 Å². The van der Waals surface area contributed by atoms with Crippen molar-refractivity contribution >= 4 is 12.1 Å². The molecule has 5 heteroatoms. The summed E-state index contributed by atoms with van der Waals surface area (Å²) in [7, 11) is 0. The van der Waals surface area contributed by atoms with Crippen molar-refractivity contribution in [1.29, 1.82) is 0 Å². The zero-order valence-corrected chi connectivity index (χ0v) is 14.6. The second-order valence-electron chi connectivity index (χ2n) is 7.34. The monoisotopic (exact) mass is 321 g/mol. The van der Waals surface area contributed by atoms with Gasteiger partial charge in [0.15, 0.2) is 0 Å². The third kappa shape index (κ3) is 8.86. The Morgan fingerprint density at radius 2 is 1.65 bits per heavy atom. The number of hydrogen-bond donors (Lipinski definition) is 1. The minimum absolute atomic E-state index is 0.218. The van der Waals surface area contributed by atoms with E-state index in [9.17, 15) is 9.59 Å². The van der Waals surface area contributed by atoms with Gasteiger partial charge in [0.1, 0.15) is 12.2 Å². The van der Waals surface area contributed by atoms with Crippen LogP contribution in [0.4, 0.5) is 4.79 Å². The lowest BCUT2D eigenvalue weighted by Crippen LogP contribution is -2.39. The number of carbonyl (C=O) groups excluding carboxylic acids is 2. The van der Waals surface area contributed by atoms with Crippen LogP contribution in [0.1, 0.15) is 46.6 Å². The summed E-state index contributed by atoms with van der Waals surface area (Å²) in [5.74, 6) is -0.287. The molecule has 0 aromatic heterocycles. The van der Waals surface area contributed by atoms with E-state index in [0.717, 1.165) is 5.56 Å². The number of amides is 1. The molecule has 1 rings (SSSR count). The van der Waals surface area contributed by atoms with E-state index in [-0.39, 0.29) is 19.0 Å². The molecule has 0 aliphatic carbocycles. The van der Waals surface area contributed by atoms with Crippen LogP contribution < -0.4 is 5.32 Å². The maximum Gasteiger partial charge on any atom is 0.407 e. The summed E-state index contributed by atoms with van der Waals surface area (Å²) < 4.78 is 10.4. The molecule has 0 saturated heterocycles. The van der Waals surface area contributed by atoms with Crippen LogP contribution in [0.15, 0.2) is 30.3 Å². The van der Waals surface area contributed by atoms with Gasteiger partial charge in [-0.05, 0) is 31.7 Å². The van der Waals surface area contributed by atoms with Crippen LogP contribution in [0.5, 0.6) is 0 Å². The van der Waals surface area contributed by atoms with E-state index in [1.807, 2.05) is 44.2 Å². The Bertz CT molecular complexity index is 518. The van der Waals surface area contributed by atoms with Crippen molar-refractivity contribution in [2.24, 2.45) is 5.41 Å². The van der Waals surface area contributed by atoms with Crippen molar-refractivity contribution in [3.63, 3.8) is 0 Å². The smallest absolute Gasteiger partial charge is 0.407 e. The van der Waals surface area contributed by atoms with Crippen molar-refractivity contribution in [1.82, 2.24) is 5.32 Å². The van der Waals surface area contributed by atoms with Crippen molar-refractivity contribution in [2.45, 2.75) is 53.2 Å². The second kappa shape index (κ2) is 7.99. The van der Waals surface area contributed by atoms with Gasteiger partial charge in [0.05, 0.1) is 6.42 Å². The van der Waals surface area contributed by atoms with E-state index >= 15 is 0 Å². The molecule has 0 spiro atoms. The van der Waals surface area contributed by atoms with Gasteiger partial charge in [-0.25, -0.2) is 4.79 Å². The van der Waals surface area contributed by atoms with Gasteiger partial charge in [-0.2, -0.15) is 0 Å². The fourth-order valence-corrected chi connectivity index (χ4v) is 1.87. The Balaban J connectivity index is 2.36. The highest BCUT2D eigenvalue weighted by Crippen LogP contribution is 2.20. The van der Waals surface area contributed by atoms with E-state index in [1.165, 1.54) is 0 Å². The number of rotatable bonds is 6. The number of benzene rings is 1. The molecule has 0 aliphatic heterocycles. The van der Waals surface area contributed by atoms with Gasteiger partial charge in [-0.3, -0.25) is 4.79 Å². The van der Waals surface area contributed by atoms with Gasteiger partial charge in [0, 0.05) is 6.54 Å². The molecule has 0 atom stereocenters. The molecule has 5 nitrogen and oxygen atoms in total. The average molecular weight is 321 g/mol. The summed E-state index contributed by atoms with van der Waals surface area (Å²) in [5.41, 5.74) is -0.00131. The van der Waals surface area contributed by atoms with Crippen LogP contribution in [-0.2, 0) is 20.9 Å². The zero-order chi connectivity index (χ0) is 17.5. The quantitative estimate of drug-likeness (QED) is 0.812. The molecule has 23 heavy (non-hydrogen) atoms. The van der Waals surface area contributed by atoms with Crippen LogP contribution in [0.25, 0.3) is 0 Å². The summed E-state index contributed by atoms with van der Waals surface area (Å²) in [6, 6.07) is 9.53. The molecule has 0 fully saturated rings. The maximum absolute atomic E-state index is 11.9. The molecule has 0 heterocycles. The van der Waals surface area contributed by atoms with E-state index in [2.05, 4.69) is 5.32 Å². The summed E-state index contributed by atoms with van der Waals surface area (Å²) in [5, 5.41) is 2.69. The lowest BCUT2D eigenvalue weighted by Gasteiger charge is -2.25. The number of nitrogens with one attached hydrogen (secondary N) is 1. The fraction of sp³-hybridized carbons (Fsp3) is 0.556. The third-order valence-corrected chi connectivity index (χ3v) is 2.98. The van der Waals surface area contributed by atoms with Gasteiger partial charge < -0.3 is 14.8 Å². The maximum atomic E-state index is 11.9. The van der Waals surface area contributed by atoms with Crippen molar-refractivity contribution in [2.75, 3.05) is 6.54 Å². The van der Waals surface area contributed by atoms with Gasteiger partial charge in [-0.15, -0.1) is 0 Å². The minimum Gasteiger partial charge on any atom is -0.461 e. The summed E-state index contributed by atoms with van der Waals surface area (Å²) in [6.45, 7) is 9.80. The molecule has 0 radical (unpaired) electrons. The molecule has 1 aromatic rings. The standard InChI is InChI=1S/C18H27NO4/c1-17(2,3)23-16(21)19-13-18(4,5)11-15(20)22-12-14-9-7-6-8-10-14/h6-10H,11-13H2,1-5H3,(H,19,21). The Morgan fingerprint density at radius 3 is 2.22 bits per heavy atom. The largest absolute Gasteiger partial charge is 0.461 e. The number of hydrogen-bond acceptors (Lipinski definition) is 4. The van der Waals surface area contributed by atoms with E-state index in [0.29, 0.717) is 6.54 Å². The lowest BCUT2D eigenvalue weighted by molar-refractivity contribution is -0.147. The number of esters is 1. The SMILES string of the molecule is CC(C)(CNC(=O)OC(C)(C)C)CC(=O)OCc1ccccc1. The molecule has 1 N–H and O–H groups in total. The number of carbonyl (C=O) groups is 2. The van der Waals surface area contributed by atoms with Crippen LogP contribution in [0.3, 0.4) is 0 Å². The number of alkyl carbamates (subject to hydrolysis) is 1. The first kappa shape index (κ1) is 19.0. The van der Waals surface area contributed by atoms with Crippen LogP contribution in [0, 0.1) is 5.41 Å². The highest BCUT2D eigenvalue weighted by molar-refractivity contribution is 5.71. The van der Waals surface area contributed by atoms with E-state index in [4.69, 9.17) is 9.47 Å². The first-order valence-corrected chi connectivity index (χ1v) is 7.74. The fourth-order valence-electron chi connectivity index (χ4n) is 1.87. The summed E-state index contributed by atoms with van der Waals surface area (Å²) in [6.07, 6.45) is -0.265. The third-order valence-electron chi connectivity index (χ3n) is 2.98. The molecule has 1 amide bonds. The summed E-state index contributed by atoms with van der Waals surface area (Å²) >= 11 is 0. The first-order chi connectivity index (χ1) is 10.6. The molecule has 0 unspecified atom stereocenters. The van der Waals surface area contributed by atoms with E-state index < -0.39 is 17.1 Å². The van der Waals surface area contributed by atoms with Crippen molar-refractivity contribution in [3.05, 3.63) is 35.9 Å². The zero-order valence-electron chi connectivity index (χ0n) is 14.6. The molecule has 128 valence electrons. The highest BCUT2D eigenvalue weighted by atomic mass is 16.6. The predicted octanol–water partition coefficient (Wildman–Crippen LogP) is 3.67. The molecule has 0 aliphatic rings.